The van der Waals surface area contributed by atoms with Crippen molar-refractivity contribution in [3.63, 3.8) is 0 Å². The zero-order chi connectivity index (χ0) is 14.6. The van der Waals surface area contributed by atoms with Crippen molar-refractivity contribution < 1.29 is 13.2 Å². The molecule has 20 heavy (non-hydrogen) atoms. The molecule has 1 heterocycles. The lowest BCUT2D eigenvalue weighted by molar-refractivity contribution is 0.309. The number of aromatic nitrogens is 1. The Bertz CT molecular complexity index is 660. The van der Waals surface area contributed by atoms with E-state index in [-0.39, 0.29) is 9.92 Å². The number of thiazole rings is 1. The Morgan fingerprint density at radius 3 is 2.60 bits per heavy atom. The van der Waals surface area contributed by atoms with Gasteiger partial charge in [0.1, 0.15) is 0 Å². The maximum Gasteiger partial charge on any atom is 0.228 e. The van der Waals surface area contributed by atoms with Gasteiger partial charge in [0.25, 0.3) is 0 Å². The monoisotopic (exact) mass is 311 g/mol. The third kappa shape index (κ3) is 3.19. The predicted octanol–water partition coefficient (Wildman–Crippen LogP) is 3.46. The zero-order valence-corrected chi connectivity index (χ0v) is 13.1. The molecule has 0 amide bonds. The summed E-state index contributed by atoms with van der Waals surface area (Å²) in [6, 6.07) is 6.74. The number of unbranched alkanes of at least 4 members (excludes halogenated alkanes) is 1. The first-order valence-corrected chi connectivity index (χ1v) is 8.80. The van der Waals surface area contributed by atoms with E-state index in [9.17, 15) is 8.42 Å². The summed E-state index contributed by atoms with van der Waals surface area (Å²) in [5.41, 5.74) is 2.52. The van der Waals surface area contributed by atoms with Gasteiger partial charge in [0.15, 0.2) is 0 Å². The van der Waals surface area contributed by atoms with E-state index in [0.717, 1.165) is 18.4 Å². The summed E-state index contributed by atoms with van der Waals surface area (Å²) < 4.78 is 30.6. The number of nitrogens with zero attached hydrogens (tertiary/aromatic N) is 1. The van der Waals surface area contributed by atoms with Crippen LogP contribution >= 0.6 is 11.3 Å². The predicted molar refractivity (Wildman–Crippen MR) is 79.1 cm³/mol. The minimum Gasteiger partial charge on any atom is -0.482 e. The van der Waals surface area contributed by atoms with Gasteiger partial charge in [-0.1, -0.05) is 42.4 Å². The number of sulfone groups is 1. The summed E-state index contributed by atoms with van der Waals surface area (Å²) in [6.07, 6.45) is 1.89. The fraction of sp³-hybridized carbons (Fsp3) is 0.357. The van der Waals surface area contributed by atoms with Gasteiger partial charge in [-0.25, -0.2) is 13.4 Å². The van der Waals surface area contributed by atoms with Crippen molar-refractivity contribution in [3.05, 3.63) is 35.3 Å². The lowest BCUT2D eigenvalue weighted by Crippen LogP contribution is -2.05. The Labute approximate surface area is 123 Å². The maximum atomic E-state index is 12.5. The summed E-state index contributed by atoms with van der Waals surface area (Å²) in [6.45, 7) is 4.48. The molecule has 0 spiro atoms. The summed E-state index contributed by atoms with van der Waals surface area (Å²) in [7, 11) is -3.61. The molecule has 1 aromatic carbocycles. The molecule has 0 N–H and O–H groups in total. The molecule has 0 radical (unpaired) electrons. The third-order valence-corrected chi connectivity index (χ3v) is 5.38. The van der Waals surface area contributed by atoms with Crippen LogP contribution in [0.5, 0.6) is 5.06 Å². The SMILES string of the molecule is CCCCOc1scnc1S(=O)(=O)c1ccc(C)cc1. The van der Waals surface area contributed by atoms with Crippen LogP contribution < -0.4 is 4.74 Å². The standard InChI is InChI=1S/C14H17NO3S2/c1-3-4-9-18-14-13(15-10-19-14)20(16,17)12-7-5-11(2)6-8-12/h5-8,10H,3-4,9H2,1-2H3. The molecular formula is C14H17NO3S2. The molecule has 0 saturated carbocycles. The van der Waals surface area contributed by atoms with Crippen LogP contribution in [0.2, 0.25) is 0 Å². The third-order valence-electron chi connectivity index (χ3n) is 2.82. The van der Waals surface area contributed by atoms with Crippen LogP contribution in [0.4, 0.5) is 0 Å². The van der Waals surface area contributed by atoms with E-state index in [0.29, 0.717) is 11.7 Å². The van der Waals surface area contributed by atoms with Crippen LogP contribution in [-0.4, -0.2) is 20.0 Å². The van der Waals surface area contributed by atoms with Gasteiger partial charge in [-0.3, -0.25) is 0 Å². The molecule has 2 aromatic rings. The van der Waals surface area contributed by atoms with E-state index >= 15 is 0 Å². The van der Waals surface area contributed by atoms with Crippen molar-refractivity contribution >= 4 is 21.2 Å². The average Bonchev–Trinajstić information content (AvgIpc) is 2.89. The lowest BCUT2D eigenvalue weighted by atomic mass is 10.2. The Hall–Kier alpha value is -1.40. The Balaban J connectivity index is 2.30. The maximum absolute atomic E-state index is 12.5. The number of ether oxygens (including phenoxy) is 1. The number of benzene rings is 1. The Kier molecular flexibility index (Phi) is 4.77. The number of hydrogen-bond donors (Lipinski definition) is 0. The highest BCUT2D eigenvalue weighted by molar-refractivity contribution is 7.91. The molecule has 0 atom stereocenters. The van der Waals surface area contributed by atoms with Gasteiger partial charge in [-0.05, 0) is 25.5 Å². The van der Waals surface area contributed by atoms with E-state index in [4.69, 9.17) is 4.74 Å². The van der Waals surface area contributed by atoms with Crippen LogP contribution in [0.1, 0.15) is 25.3 Å². The van der Waals surface area contributed by atoms with E-state index in [1.807, 2.05) is 6.92 Å². The molecule has 6 heteroatoms. The van der Waals surface area contributed by atoms with Crippen molar-refractivity contribution in [2.45, 2.75) is 36.6 Å². The molecule has 108 valence electrons. The highest BCUT2D eigenvalue weighted by Crippen LogP contribution is 2.32. The first-order chi connectivity index (χ1) is 9.55. The van der Waals surface area contributed by atoms with Gasteiger partial charge in [0.2, 0.25) is 19.9 Å². The largest absolute Gasteiger partial charge is 0.482 e. The number of rotatable bonds is 6. The van der Waals surface area contributed by atoms with Crippen molar-refractivity contribution in [2.24, 2.45) is 0 Å². The van der Waals surface area contributed by atoms with Crippen LogP contribution in [0.3, 0.4) is 0 Å². The van der Waals surface area contributed by atoms with E-state index < -0.39 is 9.84 Å². The summed E-state index contributed by atoms with van der Waals surface area (Å²) >= 11 is 1.21. The molecule has 4 nitrogen and oxygen atoms in total. The molecule has 0 saturated heterocycles. The smallest absolute Gasteiger partial charge is 0.228 e. The van der Waals surface area contributed by atoms with Gasteiger partial charge in [-0.15, -0.1) is 0 Å². The molecule has 0 unspecified atom stereocenters. The van der Waals surface area contributed by atoms with Crippen LogP contribution in [-0.2, 0) is 9.84 Å². The molecule has 0 fully saturated rings. The van der Waals surface area contributed by atoms with Gasteiger partial charge in [0, 0.05) is 0 Å². The second-order valence-electron chi connectivity index (χ2n) is 4.46. The minimum absolute atomic E-state index is 0.0162. The van der Waals surface area contributed by atoms with Crippen LogP contribution in [0, 0.1) is 6.92 Å². The van der Waals surface area contributed by atoms with Crippen molar-refractivity contribution in [1.82, 2.24) is 4.98 Å². The summed E-state index contributed by atoms with van der Waals surface area (Å²) in [4.78, 5) is 4.22. The molecule has 0 aliphatic heterocycles. The van der Waals surface area contributed by atoms with Gasteiger partial charge in [-0.2, -0.15) is 0 Å². The summed E-state index contributed by atoms with van der Waals surface area (Å²) in [5, 5.41) is 0.390. The van der Waals surface area contributed by atoms with E-state index in [1.165, 1.54) is 16.8 Å². The Morgan fingerprint density at radius 2 is 1.95 bits per heavy atom. The minimum atomic E-state index is -3.61. The number of aryl methyl sites for hydroxylation is 1. The van der Waals surface area contributed by atoms with Gasteiger partial charge >= 0.3 is 0 Å². The fourth-order valence-electron chi connectivity index (χ4n) is 1.64. The molecular weight excluding hydrogens is 294 g/mol. The Morgan fingerprint density at radius 1 is 1.25 bits per heavy atom. The van der Waals surface area contributed by atoms with E-state index in [1.54, 1.807) is 24.3 Å². The van der Waals surface area contributed by atoms with Crippen molar-refractivity contribution in [2.75, 3.05) is 6.61 Å². The van der Waals surface area contributed by atoms with Crippen LogP contribution in [0.25, 0.3) is 0 Å². The molecule has 0 aliphatic carbocycles. The topological polar surface area (TPSA) is 56.3 Å². The van der Waals surface area contributed by atoms with Crippen molar-refractivity contribution in [1.29, 1.82) is 0 Å². The van der Waals surface area contributed by atoms with Crippen LogP contribution in [0.15, 0.2) is 39.7 Å². The second kappa shape index (κ2) is 6.37. The normalized spacial score (nSPS) is 11.5. The van der Waals surface area contributed by atoms with Gasteiger partial charge in [0.05, 0.1) is 17.0 Å². The lowest BCUT2D eigenvalue weighted by Gasteiger charge is -2.06. The highest BCUT2D eigenvalue weighted by Gasteiger charge is 2.25. The fourth-order valence-corrected chi connectivity index (χ4v) is 3.92. The zero-order valence-electron chi connectivity index (χ0n) is 11.5. The first kappa shape index (κ1) is 15.0. The molecule has 0 bridgehead atoms. The molecule has 0 aliphatic rings. The molecule has 2 rings (SSSR count). The summed E-state index contributed by atoms with van der Waals surface area (Å²) in [5.74, 6) is 0. The second-order valence-corrected chi connectivity index (χ2v) is 7.15. The van der Waals surface area contributed by atoms with E-state index in [2.05, 4.69) is 11.9 Å². The van der Waals surface area contributed by atoms with Gasteiger partial charge < -0.3 is 4.74 Å². The first-order valence-electron chi connectivity index (χ1n) is 6.43. The highest BCUT2D eigenvalue weighted by atomic mass is 32.2. The molecule has 1 aromatic heterocycles. The number of hydrogen-bond acceptors (Lipinski definition) is 5. The van der Waals surface area contributed by atoms with Crippen molar-refractivity contribution in [3.8, 4) is 5.06 Å². The quantitative estimate of drug-likeness (QED) is 0.767. The average molecular weight is 311 g/mol.